The third-order valence-electron chi connectivity index (χ3n) is 3.73. The Morgan fingerprint density at radius 1 is 1.11 bits per heavy atom. The van der Waals surface area contributed by atoms with Crippen LogP contribution in [0.4, 0.5) is 0 Å². The van der Waals surface area contributed by atoms with Crippen LogP contribution in [-0.4, -0.2) is 49.7 Å². The highest BCUT2D eigenvalue weighted by atomic mass is 16.5. The molecule has 0 bridgehead atoms. The summed E-state index contributed by atoms with van der Waals surface area (Å²) in [6.45, 7) is 7.40. The van der Waals surface area contributed by atoms with Gasteiger partial charge in [0, 0.05) is 24.8 Å². The largest absolute Gasteiger partial charge is 0.394 e. The maximum atomic E-state index is 9.63. The molecule has 0 spiro atoms. The lowest BCUT2D eigenvalue weighted by molar-refractivity contribution is 0.0419. The van der Waals surface area contributed by atoms with Crippen LogP contribution in [0.15, 0.2) is 0 Å². The summed E-state index contributed by atoms with van der Waals surface area (Å²) in [5, 5.41) is 13.2. The van der Waals surface area contributed by atoms with Crippen molar-refractivity contribution < 1.29 is 14.6 Å². The van der Waals surface area contributed by atoms with Crippen molar-refractivity contribution in [1.29, 1.82) is 0 Å². The average Bonchev–Trinajstić information content (AvgIpc) is 3.24. The van der Waals surface area contributed by atoms with Gasteiger partial charge in [0.15, 0.2) is 0 Å². The molecule has 0 heterocycles. The summed E-state index contributed by atoms with van der Waals surface area (Å²) in [5.74, 6) is 0. The van der Waals surface area contributed by atoms with Crippen molar-refractivity contribution in [2.24, 2.45) is 0 Å². The summed E-state index contributed by atoms with van der Waals surface area (Å²) in [6.07, 6.45) is 6.51. The molecule has 1 saturated carbocycles. The van der Waals surface area contributed by atoms with E-state index in [1.807, 2.05) is 0 Å². The first-order chi connectivity index (χ1) is 9.26. The van der Waals surface area contributed by atoms with E-state index in [2.05, 4.69) is 19.2 Å². The molecule has 0 saturated heterocycles. The second kappa shape index (κ2) is 9.70. The first-order valence-corrected chi connectivity index (χ1v) is 7.80. The Labute approximate surface area is 117 Å². The van der Waals surface area contributed by atoms with Crippen molar-refractivity contribution in [2.45, 2.75) is 64.0 Å². The molecule has 0 aromatic rings. The average molecular weight is 273 g/mol. The van der Waals surface area contributed by atoms with E-state index >= 15 is 0 Å². The van der Waals surface area contributed by atoms with E-state index in [9.17, 15) is 5.11 Å². The molecule has 0 amide bonds. The Kier molecular flexibility index (Phi) is 8.62. The summed E-state index contributed by atoms with van der Waals surface area (Å²) in [4.78, 5) is 0. The van der Waals surface area contributed by atoms with Gasteiger partial charge in [0.05, 0.1) is 19.8 Å². The second-order valence-corrected chi connectivity index (χ2v) is 5.54. The van der Waals surface area contributed by atoms with Crippen molar-refractivity contribution in [3.63, 3.8) is 0 Å². The van der Waals surface area contributed by atoms with Gasteiger partial charge in [-0.15, -0.1) is 0 Å². The molecule has 1 unspecified atom stereocenters. The molecule has 114 valence electrons. The predicted molar refractivity (Wildman–Crippen MR) is 77.4 cm³/mol. The molecule has 1 atom stereocenters. The number of aliphatic hydroxyl groups excluding tert-OH is 1. The standard InChI is InChI=1S/C15H31NO3/c1-3-9-18-11-12-19-10-5-8-15(4-2,13-17)16-14-6-7-14/h14,16-17H,3-13H2,1-2H3. The van der Waals surface area contributed by atoms with Crippen molar-refractivity contribution in [2.75, 3.05) is 33.0 Å². The lowest BCUT2D eigenvalue weighted by Crippen LogP contribution is -2.49. The van der Waals surface area contributed by atoms with Crippen molar-refractivity contribution >= 4 is 0 Å². The van der Waals surface area contributed by atoms with E-state index < -0.39 is 0 Å². The van der Waals surface area contributed by atoms with Crippen LogP contribution in [0.3, 0.4) is 0 Å². The summed E-state index contributed by atoms with van der Waals surface area (Å²) in [7, 11) is 0. The first kappa shape index (κ1) is 16.9. The zero-order valence-electron chi connectivity index (χ0n) is 12.6. The molecule has 4 nitrogen and oxygen atoms in total. The molecule has 19 heavy (non-hydrogen) atoms. The van der Waals surface area contributed by atoms with Crippen LogP contribution in [0, 0.1) is 0 Å². The zero-order chi connectivity index (χ0) is 14.0. The summed E-state index contributed by atoms with van der Waals surface area (Å²) in [6, 6.07) is 0.635. The van der Waals surface area contributed by atoms with Gasteiger partial charge in [0.2, 0.25) is 0 Å². The number of rotatable bonds is 13. The number of aliphatic hydroxyl groups is 1. The number of ether oxygens (including phenoxy) is 2. The van der Waals surface area contributed by atoms with Gasteiger partial charge in [-0.2, -0.15) is 0 Å². The number of nitrogens with one attached hydrogen (secondary N) is 1. The fraction of sp³-hybridized carbons (Fsp3) is 1.00. The summed E-state index contributed by atoms with van der Waals surface area (Å²) in [5.41, 5.74) is -0.0940. The van der Waals surface area contributed by atoms with Crippen LogP contribution < -0.4 is 5.32 Å². The van der Waals surface area contributed by atoms with E-state index in [-0.39, 0.29) is 12.1 Å². The Morgan fingerprint density at radius 3 is 2.32 bits per heavy atom. The molecule has 0 aromatic heterocycles. The van der Waals surface area contributed by atoms with Crippen molar-refractivity contribution in [3.8, 4) is 0 Å². The maximum Gasteiger partial charge on any atom is 0.0700 e. The van der Waals surface area contributed by atoms with E-state index in [1.54, 1.807) is 0 Å². The lowest BCUT2D eigenvalue weighted by Gasteiger charge is -2.32. The fourth-order valence-electron chi connectivity index (χ4n) is 2.23. The molecule has 0 aromatic carbocycles. The van der Waals surface area contributed by atoms with E-state index in [4.69, 9.17) is 9.47 Å². The SMILES string of the molecule is CCCOCCOCCCC(CC)(CO)NC1CC1. The predicted octanol–water partition coefficient (Wildman–Crippen LogP) is 2.10. The number of hydrogen-bond acceptors (Lipinski definition) is 4. The Bertz CT molecular complexity index is 215. The highest BCUT2D eigenvalue weighted by Gasteiger charge is 2.33. The minimum absolute atomic E-state index is 0.0940. The Morgan fingerprint density at radius 2 is 1.79 bits per heavy atom. The van der Waals surface area contributed by atoms with Gasteiger partial charge >= 0.3 is 0 Å². The second-order valence-electron chi connectivity index (χ2n) is 5.54. The highest BCUT2D eigenvalue weighted by Crippen LogP contribution is 2.26. The van der Waals surface area contributed by atoms with Gasteiger partial charge in [-0.05, 0) is 38.5 Å². The molecular formula is C15H31NO3. The van der Waals surface area contributed by atoms with Gasteiger partial charge in [-0.25, -0.2) is 0 Å². The summed E-state index contributed by atoms with van der Waals surface area (Å²) < 4.78 is 10.9. The smallest absolute Gasteiger partial charge is 0.0700 e. The van der Waals surface area contributed by atoms with Gasteiger partial charge in [-0.3, -0.25) is 0 Å². The van der Waals surface area contributed by atoms with Gasteiger partial charge < -0.3 is 19.9 Å². The maximum absolute atomic E-state index is 9.63. The summed E-state index contributed by atoms with van der Waals surface area (Å²) >= 11 is 0. The Balaban J connectivity index is 2.04. The molecule has 2 N–H and O–H groups in total. The van der Waals surface area contributed by atoms with Crippen LogP contribution in [0.1, 0.15) is 52.4 Å². The van der Waals surface area contributed by atoms with Crippen LogP contribution in [0.25, 0.3) is 0 Å². The van der Waals surface area contributed by atoms with Gasteiger partial charge in [-0.1, -0.05) is 13.8 Å². The van der Waals surface area contributed by atoms with Gasteiger partial charge in [0.25, 0.3) is 0 Å². The van der Waals surface area contributed by atoms with E-state index in [0.29, 0.717) is 19.3 Å². The minimum atomic E-state index is -0.0940. The molecule has 1 rings (SSSR count). The monoisotopic (exact) mass is 273 g/mol. The Hall–Kier alpha value is -0.160. The normalized spacial score (nSPS) is 18.5. The van der Waals surface area contributed by atoms with Gasteiger partial charge in [0.1, 0.15) is 0 Å². The quantitative estimate of drug-likeness (QED) is 0.505. The highest BCUT2D eigenvalue weighted by molar-refractivity contribution is 4.94. The van der Waals surface area contributed by atoms with E-state index in [1.165, 1.54) is 12.8 Å². The number of hydrogen-bond donors (Lipinski definition) is 2. The molecular weight excluding hydrogens is 242 g/mol. The molecule has 4 heteroatoms. The van der Waals surface area contributed by atoms with Crippen LogP contribution in [0.5, 0.6) is 0 Å². The van der Waals surface area contributed by atoms with Crippen LogP contribution >= 0.6 is 0 Å². The molecule has 1 fully saturated rings. The molecule has 1 aliphatic rings. The molecule has 0 aliphatic heterocycles. The molecule has 0 radical (unpaired) electrons. The minimum Gasteiger partial charge on any atom is -0.394 e. The third-order valence-corrected chi connectivity index (χ3v) is 3.73. The fourth-order valence-corrected chi connectivity index (χ4v) is 2.23. The van der Waals surface area contributed by atoms with Crippen LogP contribution in [-0.2, 0) is 9.47 Å². The first-order valence-electron chi connectivity index (χ1n) is 7.80. The molecule has 1 aliphatic carbocycles. The van der Waals surface area contributed by atoms with Crippen LogP contribution in [0.2, 0.25) is 0 Å². The lowest BCUT2D eigenvalue weighted by atomic mass is 9.91. The zero-order valence-corrected chi connectivity index (χ0v) is 12.6. The van der Waals surface area contributed by atoms with Crippen molar-refractivity contribution in [1.82, 2.24) is 5.32 Å². The van der Waals surface area contributed by atoms with Crippen molar-refractivity contribution in [3.05, 3.63) is 0 Å². The van der Waals surface area contributed by atoms with E-state index in [0.717, 1.165) is 38.9 Å². The third kappa shape index (κ3) is 7.25. The topological polar surface area (TPSA) is 50.7 Å².